The number of benzene rings is 1. The summed E-state index contributed by atoms with van der Waals surface area (Å²) < 4.78 is 2.19. The first kappa shape index (κ1) is 14.1. The molecule has 1 nitrogen and oxygen atoms in total. The Balaban J connectivity index is 2.04. The summed E-state index contributed by atoms with van der Waals surface area (Å²) in [6.07, 6.45) is 1.12. The molecule has 104 valence electrons. The van der Waals surface area contributed by atoms with E-state index in [2.05, 4.69) is 48.0 Å². The average Bonchev–Trinajstić information content (AvgIpc) is 3.07. The first-order valence-electron chi connectivity index (χ1n) is 6.74. The molecule has 2 aromatic heterocycles. The molecule has 4 heteroatoms. The molecule has 0 radical (unpaired) electrons. The molecule has 0 bridgehead atoms. The van der Waals surface area contributed by atoms with Gasteiger partial charge in [0.05, 0.1) is 10.4 Å². The predicted octanol–water partition coefficient (Wildman–Crippen LogP) is 5.71. The van der Waals surface area contributed by atoms with Crippen LogP contribution in [-0.2, 0) is 0 Å². The number of nitrogens with one attached hydrogen (secondary N) is 1. The lowest BCUT2D eigenvalue weighted by molar-refractivity contribution is 0.610. The second kappa shape index (κ2) is 6.27. The Kier molecular flexibility index (Phi) is 4.41. The van der Waals surface area contributed by atoms with Crippen LogP contribution in [0, 0.1) is 0 Å². The van der Waals surface area contributed by atoms with Crippen LogP contribution in [0.25, 0.3) is 10.1 Å². The number of thiophene rings is 2. The minimum Gasteiger partial charge on any atom is -0.306 e. The van der Waals surface area contributed by atoms with Crippen molar-refractivity contribution in [2.75, 3.05) is 6.54 Å². The van der Waals surface area contributed by atoms with E-state index in [4.69, 9.17) is 11.6 Å². The second-order valence-corrected chi connectivity index (χ2v) is 7.37. The molecule has 0 aliphatic carbocycles. The molecular formula is C16H16ClNS2. The van der Waals surface area contributed by atoms with Crippen molar-refractivity contribution < 1.29 is 0 Å². The topological polar surface area (TPSA) is 12.0 Å². The largest absolute Gasteiger partial charge is 0.306 e. The average molecular weight is 322 g/mol. The molecule has 0 amide bonds. The van der Waals surface area contributed by atoms with Gasteiger partial charge in [-0.25, -0.2) is 0 Å². The van der Waals surface area contributed by atoms with Crippen molar-refractivity contribution in [1.82, 2.24) is 5.32 Å². The van der Waals surface area contributed by atoms with Crippen LogP contribution in [0.4, 0.5) is 0 Å². The maximum Gasteiger partial charge on any atom is 0.0931 e. The Morgan fingerprint density at radius 3 is 2.80 bits per heavy atom. The van der Waals surface area contributed by atoms with Gasteiger partial charge in [-0.05, 0) is 47.5 Å². The van der Waals surface area contributed by atoms with Gasteiger partial charge in [0.25, 0.3) is 0 Å². The SMILES string of the molecule is CCCNC(c1ccc(Cl)s1)c1csc2ccccc12. The summed E-state index contributed by atoms with van der Waals surface area (Å²) in [6.45, 7) is 3.20. The van der Waals surface area contributed by atoms with Crippen LogP contribution in [0.1, 0.15) is 29.8 Å². The second-order valence-electron chi connectivity index (χ2n) is 4.72. The predicted molar refractivity (Wildman–Crippen MR) is 91.3 cm³/mol. The lowest BCUT2D eigenvalue weighted by atomic mass is 10.0. The van der Waals surface area contributed by atoms with Crippen LogP contribution in [-0.4, -0.2) is 6.54 Å². The molecule has 0 aliphatic heterocycles. The maximum atomic E-state index is 6.11. The van der Waals surface area contributed by atoms with E-state index >= 15 is 0 Å². The lowest BCUT2D eigenvalue weighted by Crippen LogP contribution is -2.22. The van der Waals surface area contributed by atoms with Crippen molar-refractivity contribution in [2.45, 2.75) is 19.4 Å². The molecule has 3 aromatic rings. The molecule has 0 fully saturated rings. The fraction of sp³-hybridized carbons (Fsp3) is 0.250. The van der Waals surface area contributed by atoms with E-state index in [1.54, 1.807) is 11.3 Å². The van der Waals surface area contributed by atoms with E-state index in [1.807, 2.05) is 17.4 Å². The molecule has 20 heavy (non-hydrogen) atoms. The highest BCUT2D eigenvalue weighted by molar-refractivity contribution is 7.17. The van der Waals surface area contributed by atoms with Gasteiger partial charge in [-0.2, -0.15) is 0 Å². The third-order valence-corrected chi connectivity index (χ3v) is 5.58. The standard InChI is InChI=1S/C16H16ClNS2/c1-2-9-18-16(14-7-8-15(17)20-14)12-10-19-13-6-4-3-5-11(12)13/h3-8,10,16,18H,2,9H2,1H3. The lowest BCUT2D eigenvalue weighted by Gasteiger charge is -2.17. The summed E-state index contributed by atoms with van der Waals surface area (Å²) in [5.41, 5.74) is 1.36. The number of hydrogen-bond donors (Lipinski definition) is 1. The highest BCUT2D eigenvalue weighted by Gasteiger charge is 2.18. The molecule has 1 aromatic carbocycles. The molecular weight excluding hydrogens is 306 g/mol. The first-order valence-corrected chi connectivity index (χ1v) is 8.81. The number of halogens is 1. The molecule has 1 unspecified atom stereocenters. The summed E-state index contributed by atoms with van der Waals surface area (Å²) in [6, 6.07) is 12.9. The zero-order valence-corrected chi connectivity index (χ0v) is 13.6. The van der Waals surface area contributed by atoms with Crippen LogP contribution in [0.3, 0.4) is 0 Å². The van der Waals surface area contributed by atoms with Crippen LogP contribution >= 0.6 is 34.3 Å². The van der Waals surface area contributed by atoms with Gasteiger partial charge >= 0.3 is 0 Å². The van der Waals surface area contributed by atoms with Gasteiger partial charge in [-0.3, -0.25) is 0 Å². The fourth-order valence-electron chi connectivity index (χ4n) is 2.36. The molecule has 1 atom stereocenters. The van der Waals surface area contributed by atoms with E-state index in [1.165, 1.54) is 20.5 Å². The molecule has 0 saturated heterocycles. The van der Waals surface area contributed by atoms with E-state index < -0.39 is 0 Å². The highest BCUT2D eigenvalue weighted by atomic mass is 35.5. The van der Waals surface area contributed by atoms with Gasteiger partial charge in [0.1, 0.15) is 0 Å². The smallest absolute Gasteiger partial charge is 0.0931 e. The summed E-state index contributed by atoms with van der Waals surface area (Å²) in [7, 11) is 0. The van der Waals surface area contributed by atoms with Crippen molar-refractivity contribution in [3.8, 4) is 0 Å². The van der Waals surface area contributed by atoms with Crippen LogP contribution in [0.2, 0.25) is 4.34 Å². The van der Waals surface area contributed by atoms with E-state index in [9.17, 15) is 0 Å². The molecule has 0 saturated carbocycles. The quantitative estimate of drug-likeness (QED) is 0.635. The Labute approximate surface area is 132 Å². The van der Waals surface area contributed by atoms with E-state index in [-0.39, 0.29) is 6.04 Å². The molecule has 2 heterocycles. The Bertz CT molecular complexity index is 701. The molecule has 1 N–H and O–H groups in total. The van der Waals surface area contributed by atoms with Gasteiger partial charge in [0.15, 0.2) is 0 Å². The highest BCUT2D eigenvalue weighted by Crippen LogP contribution is 2.37. The Morgan fingerprint density at radius 2 is 2.05 bits per heavy atom. The van der Waals surface area contributed by atoms with Gasteiger partial charge < -0.3 is 5.32 Å². The minimum atomic E-state index is 0.239. The third-order valence-electron chi connectivity index (χ3n) is 3.30. The van der Waals surface area contributed by atoms with Crippen molar-refractivity contribution in [2.24, 2.45) is 0 Å². The van der Waals surface area contributed by atoms with Crippen molar-refractivity contribution in [3.63, 3.8) is 0 Å². The molecule has 3 rings (SSSR count). The first-order chi connectivity index (χ1) is 9.79. The van der Waals surface area contributed by atoms with Gasteiger partial charge in [-0.15, -0.1) is 22.7 Å². The zero-order chi connectivity index (χ0) is 13.9. The monoisotopic (exact) mass is 321 g/mol. The Hall–Kier alpha value is -0.870. The zero-order valence-electron chi connectivity index (χ0n) is 11.2. The van der Waals surface area contributed by atoms with Crippen LogP contribution in [0.5, 0.6) is 0 Å². The maximum absolute atomic E-state index is 6.11. The summed E-state index contributed by atoms with van der Waals surface area (Å²) in [4.78, 5) is 1.28. The molecule has 0 spiro atoms. The van der Waals surface area contributed by atoms with E-state index in [0.717, 1.165) is 17.3 Å². The van der Waals surface area contributed by atoms with Gasteiger partial charge in [0.2, 0.25) is 0 Å². The normalized spacial score (nSPS) is 12.9. The number of hydrogen-bond acceptors (Lipinski definition) is 3. The van der Waals surface area contributed by atoms with Gasteiger partial charge in [0, 0.05) is 9.58 Å². The van der Waals surface area contributed by atoms with Crippen molar-refractivity contribution in [3.05, 3.63) is 56.6 Å². The number of fused-ring (bicyclic) bond motifs is 1. The van der Waals surface area contributed by atoms with Crippen molar-refractivity contribution >= 4 is 44.4 Å². The van der Waals surface area contributed by atoms with Crippen LogP contribution in [0.15, 0.2) is 41.8 Å². The van der Waals surface area contributed by atoms with Gasteiger partial charge in [-0.1, -0.05) is 36.7 Å². The van der Waals surface area contributed by atoms with Crippen molar-refractivity contribution in [1.29, 1.82) is 0 Å². The summed E-state index contributed by atoms with van der Waals surface area (Å²) in [5.74, 6) is 0. The fourth-order valence-corrected chi connectivity index (χ4v) is 4.50. The third kappa shape index (κ3) is 2.77. The summed E-state index contributed by atoms with van der Waals surface area (Å²) >= 11 is 9.58. The Morgan fingerprint density at radius 1 is 1.20 bits per heavy atom. The van der Waals surface area contributed by atoms with Crippen LogP contribution < -0.4 is 5.32 Å². The number of rotatable bonds is 5. The molecule has 0 aliphatic rings. The summed E-state index contributed by atoms with van der Waals surface area (Å²) in [5, 5.41) is 7.26. The minimum absolute atomic E-state index is 0.239. The van der Waals surface area contributed by atoms with E-state index in [0.29, 0.717) is 0 Å².